The Hall–Kier alpha value is -3.77. The number of aliphatic hydroxyl groups excluding tert-OH is 1. The van der Waals surface area contributed by atoms with Crippen LogP contribution in [0.25, 0.3) is 5.76 Å². The molecule has 0 aliphatic carbocycles. The lowest BCUT2D eigenvalue weighted by Crippen LogP contribution is -2.31. The van der Waals surface area contributed by atoms with Gasteiger partial charge in [0, 0.05) is 17.1 Å². The molecule has 3 aromatic carbocycles. The smallest absolute Gasteiger partial charge is 0.295 e. The molecule has 0 radical (unpaired) electrons. The monoisotopic (exact) mass is 491 g/mol. The number of methoxy groups -OCH3 is 2. The zero-order valence-corrected chi connectivity index (χ0v) is 20.5. The molecule has 0 spiro atoms. The Kier molecular flexibility index (Phi) is 7.12. The number of aryl methyl sites for hydroxylation is 1. The van der Waals surface area contributed by atoms with Gasteiger partial charge in [0.2, 0.25) is 0 Å². The third-order valence-electron chi connectivity index (χ3n) is 6.14. The second kappa shape index (κ2) is 10.2. The van der Waals surface area contributed by atoms with Gasteiger partial charge in [-0.2, -0.15) is 0 Å². The van der Waals surface area contributed by atoms with Crippen molar-refractivity contribution in [1.29, 1.82) is 0 Å². The van der Waals surface area contributed by atoms with Crippen LogP contribution in [0.1, 0.15) is 28.3 Å². The fourth-order valence-electron chi connectivity index (χ4n) is 4.25. The van der Waals surface area contributed by atoms with Gasteiger partial charge in [0.1, 0.15) is 5.76 Å². The molecule has 3 aromatic rings. The second-order valence-electron chi connectivity index (χ2n) is 8.35. The SMILES string of the molecule is COc1ccc(CCN2C(=O)C(=O)C(=C(O)c3ccc(C)cc3)[C@H]2c2ccc(Cl)cc2)cc1OC. The molecule has 1 aliphatic rings. The summed E-state index contributed by atoms with van der Waals surface area (Å²) in [7, 11) is 3.13. The van der Waals surface area contributed by atoms with E-state index < -0.39 is 17.7 Å². The Morgan fingerprint density at radius 3 is 2.23 bits per heavy atom. The number of likely N-dealkylation sites (tertiary alicyclic amines) is 1. The minimum absolute atomic E-state index is 0.0634. The van der Waals surface area contributed by atoms with Crippen LogP contribution in [0.4, 0.5) is 0 Å². The molecule has 180 valence electrons. The summed E-state index contributed by atoms with van der Waals surface area (Å²) < 4.78 is 10.7. The van der Waals surface area contributed by atoms with Crippen molar-refractivity contribution in [2.24, 2.45) is 0 Å². The third-order valence-corrected chi connectivity index (χ3v) is 6.39. The number of carbonyl (C=O) groups excluding carboxylic acids is 2. The molecule has 0 bridgehead atoms. The van der Waals surface area contributed by atoms with Gasteiger partial charge in [-0.25, -0.2) is 0 Å². The second-order valence-corrected chi connectivity index (χ2v) is 8.79. The predicted molar refractivity (Wildman–Crippen MR) is 135 cm³/mol. The molecule has 35 heavy (non-hydrogen) atoms. The maximum atomic E-state index is 13.2. The number of nitrogens with zero attached hydrogens (tertiary/aromatic N) is 1. The van der Waals surface area contributed by atoms with Crippen LogP contribution in [0.15, 0.2) is 72.3 Å². The lowest BCUT2D eigenvalue weighted by Gasteiger charge is -2.25. The van der Waals surface area contributed by atoms with Gasteiger partial charge in [0.15, 0.2) is 11.5 Å². The van der Waals surface area contributed by atoms with Crippen molar-refractivity contribution in [2.75, 3.05) is 20.8 Å². The fourth-order valence-corrected chi connectivity index (χ4v) is 4.38. The molecular formula is C28H26ClNO5. The molecule has 6 nitrogen and oxygen atoms in total. The third kappa shape index (κ3) is 4.88. The van der Waals surface area contributed by atoms with E-state index in [0.29, 0.717) is 34.1 Å². The van der Waals surface area contributed by atoms with Crippen LogP contribution in [-0.4, -0.2) is 42.5 Å². The van der Waals surface area contributed by atoms with Crippen LogP contribution in [0.5, 0.6) is 11.5 Å². The zero-order valence-electron chi connectivity index (χ0n) is 19.7. The molecule has 0 aromatic heterocycles. The van der Waals surface area contributed by atoms with Crippen LogP contribution in [0, 0.1) is 6.92 Å². The molecule has 1 atom stereocenters. The Morgan fingerprint density at radius 1 is 0.943 bits per heavy atom. The molecule has 1 heterocycles. The first-order chi connectivity index (χ1) is 16.8. The van der Waals surface area contributed by atoms with Gasteiger partial charge in [-0.15, -0.1) is 0 Å². The van der Waals surface area contributed by atoms with Crippen molar-refractivity contribution >= 4 is 29.1 Å². The number of ketones is 1. The molecule has 1 fully saturated rings. The first-order valence-electron chi connectivity index (χ1n) is 11.2. The van der Waals surface area contributed by atoms with E-state index in [0.717, 1.165) is 11.1 Å². The van der Waals surface area contributed by atoms with Crippen molar-refractivity contribution < 1.29 is 24.2 Å². The quantitative estimate of drug-likeness (QED) is 0.274. The summed E-state index contributed by atoms with van der Waals surface area (Å²) >= 11 is 6.09. The highest BCUT2D eigenvalue weighted by atomic mass is 35.5. The number of Topliss-reactive ketones (excluding diaryl/α,β-unsaturated/α-hetero) is 1. The number of hydrogen-bond donors (Lipinski definition) is 1. The number of halogens is 1. The minimum Gasteiger partial charge on any atom is -0.507 e. The normalized spacial score (nSPS) is 17.0. The Morgan fingerprint density at radius 2 is 1.60 bits per heavy atom. The van der Waals surface area contributed by atoms with Gasteiger partial charge in [-0.3, -0.25) is 9.59 Å². The van der Waals surface area contributed by atoms with E-state index in [1.54, 1.807) is 56.7 Å². The van der Waals surface area contributed by atoms with Crippen LogP contribution in [-0.2, 0) is 16.0 Å². The molecule has 1 saturated heterocycles. The summed E-state index contributed by atoms with van der Waals surface area (Å²) in [6.07, 6.45) is 0.474. The highest BCUT2D eigenvalue weighted by Gasteiger charge is 2.45. The van der Waals surface area contributed by atoms with Crippen LogP contribution in [0.3, 0.4) is 0 Å². The zero-order chi connectivity index (χ0) is 25.1. The average Bonchev–Trinajstić information content (AvgIpc) is 3.12. The van der Waals surface area contributed by atoms with Crippen LogP contribution in [0.2, 0.25) is 5.02 Å². The van der Waals surface area contributed by atoms with Crippen molar-refractivity contribution in [3.8, 4) is 11.5 Å². The number of benzene rings is 3. The molecule has 1 aliphatic heterocycles. The Labute approximate surface area is 209 Å². The van der Waals surface area contributed by atoms with E-state index in [9.17, 15) is 14.7 Å². The lowest BCUT2D eigenvalue weighted by atomic mass is 9.95. The molecule has 0 unspecified atom stereocenters. The highest BCUT2D eigenvalue weighted by Crippen LogP contribution is 2.40. The van der Waals surface area contributed by atoms with Gasteiger partial charge in [0.05, 0.1) is 25.8 Å². The largest absolute Gasteiger partial charge is 0.507 e. The molecule has 7 heteroatoms. The van der Waals surface area contributed by atoms with E-state index in [2.05, 4.69) is 0 Å². The number of rotatable bonds is 7. The van der Waals surface area contributed by atoms with Gasteiger partial charge in [0.25, 0.3) is 11.7 Å². The molecule has 1 N–H and O–H groups in total. The van der Waals surface area contributed by atoms with E-state index in [1.807, 2.05) is 31.2 Å². The number of amides is 1. The fraction of sp³-hybridized carbons (Fsp3) is 0.214. The average molecular weight is 492 g/mol. The number of ether oxygens (including phenoxy) is 2. The number of hydrogen-bond acceptors (Lipinski definition) is 5. The van der Waals surface area contributed by atoms with E-state index in [1.165, 1.54) is 4.90 Å². The lowest BCUT2D eigenvalue weighted by molar-refractivity contribution is -0.139. The first-order valence-corrected chi connectivity index (χ1v) is 11.5. The van der Waals surface area contributed by atoms with Crippen molar-refractivity contribution in [2.45, 2.75) is 19.4 Å². The minimum atomic E-state index is -0.742. The van der Waals surface area contributed by atoms with Gasteiger partial charge >= 0.3 is 0 Å². The van der Waals surface area contributed by atoms with Crippen LogP contribution < -0.4 is 9.47 Å². The summed E-state index contributed by atoms with van der Waals surface area (Å²) in [5, 5.41) is 11.7. The number of carbonyl (C=O) groups is 2. The molecule has 4 rings (SSSR count). The van der Waals surface area contributed by atoms with Crippen molar-refractivity contribution in [1.82, 2.24) is 4.90 Å². The maximum Gasteiger partial charge on any atom is 0.295 e. The topological polar surface area (TPSA) is 76.1 Å². The van der Waals surface area contributed by atoms with E-state index in [4.69, 9.17) is 21.1 Å². The van der Waals surface area contributed by atoms with E-state index >= 15 is 0 Å². The van der Waals surface area contributed by atoms with Crippen molar-refractivity contribution in [3.63, 3.8) is 0 Å². The molecule has 1 amide bonds. The van der Waals surface area contributed by atoms with E-state index in [-0.39, 0.29) is 17.9 Å². The molecule has 0 saturated carbocycles. The summed E-state index contributed by atoms with van der Waals surface area (Å²) in [5.41, 5.74) is 3.17. The number of aliphatic hydroxyl groups is 1. The van der Waals surface area contributed by atoms with Gasteiger partial charge in [-0.05, 0) is 48.7 Å². The predicted octanol–water partition coefficient (Wildman–Crippen LogP) is 5.33. The summed E-state index contributed by atoms with van der Waals surface area (Å²) in [4.78, 5) is 27.8. The van der Waals surface area contributed by atoms with Gasteiger partial charge < -0.3 is 19.5 Å². The Bertz CT molecular complexity index is 1280. The maximum absolute atomic E-state index is 13.2. The highest BCUT2D eigenvalue weighted by molar-refractivity contribution is 6.46. The Balaban J connectivity index is 1.73. The van der Waals surface area contributed by atoms with Gasteiger partial charge in [-0.1, -0.05) is 59.6 Å². The summed E-state index contributed by atoms with van der Waals surface area (Å²) in [5.74, 6) is -0.372. The summed E-state index contributed by atoms with van der Waals surface area (Å²) in [6.45, 7) is 2.20. The van der Waals surface area contributed by atoms with Crippen LogP contribution >= 0.6 is 11.6 Å². The standard InChI is InChI=1S/C28H26ClNO5/c1-17-4-7-20(8-5-17)26(31)24-25(19-9-11-21(29)12-10-19)30(28(33)27(24)32)15-14-18-6-13-22(34-2)23(16-18)35-3/h4-13,16,25,31H,14-15H2,1-3H3/t25-/m1/s1. The van der Waals surface area contributed by atoms with Crippen molar-refractivity contribution in [3.05, 3.63) is 99.6 Å². The first kappa shape index (κ1) is 24.4. The molecular weight excluding hydrogens is 466 g/mol. The summed E-state index contributed by atoms with van der Waals surface area (Å²) in [6, 6.07) is 18.9.